The van der Waals surface area contributed by atoms with Gasteiger partial charge in [-0.15, -0.1) is 12.8 Å². The second-order valence-corrected chi connectivity index (χ2v) is 1.78. The molecule has 0 spiro atoms. The van der Waals surface area contributed by atoms with E-state index in [-0.39, 0.29) is 0 Å². The zero-order chi connectivity index (χ0) is 9.23. The van der Waals surface area contributed by atoms with Gasteiger partial charge in [-0.3, -0.25) is 0 Å². The number of hydrogen-bond donors (Lipinski definition) is 0. The summed E-state index contributed by atoms with van der Waals surface area (Å²) in [5.41, 5.74) is 0. The fourth-order valence-electron chi connectivity index (χ4n) is 0.459. The van der Waals surface area contributed by atoms with Gasteiger partial charge in [-0.25, -0.2) is 0 Å². The molecule has 0 aliphatic heterocycles. The normalized spacial score (nSPS) is 8.58. The van der Waals surface area contributed by atoms with Crippen LogP contribution in [0, 0.1) is 48.6 Å². The summed E-state index contributed by atoms with van der Waals surface area (Å²) in [5, 5.41) is 0. The maximum absolute atomic E-state index is 5.13. The highest BCUT2D eigenvalue weighted by atomic mass is 16.5. The van der Waals surface area contributed by atoms with E-state index < -0.39 is 6.10 Å². The SMILES string of the molecule is C#CC#CCC(C#C)OC#CC. The summed E-state index contributed by atoms with van der Waals surface area (Å²) in [6.07, 6.45) is 12.5. The zero-order valence-corrected chi connectivity index (χ0v) is 6.85. The Balaban J connectivity index is 3.93. The van der Waals surface area contributed by atoms with Crippen LogP contribution >= 0.6 is 0 Å². The average Bonchev–Trinajstić information content (AvgIpc) is 2.11. The molecule has 1 atom stereocenters. The lowest BCUT2D eigenvalue weighted by Gasteiger charge is -2.01. The highest BCUT2D eigenvalue weighted by Gasteiger charge is 1.99. The largest absolute Gasteiger partial charge is 0.429 e. The molecule has 0 aromatic carbocycles. The van der Waals surface area contributed by atoms with Gasteiger partial charge in [-0.2, -0.15) is 0 Å². The highest BCUT2D eigenvalue weighted by molar-refractivity contribution is 5.23. The molecule has 0 amide bonds. The zero-order valence-electron chi connectivity index (χ0n) is 6.85. The first-order chi connectivity index (χ1) is 5.85. The molecule has 12 heavy (non-hydrogen) atoms. The van der Waals surface area contributed by atoms with Crippen molar-refractivity contribution in [2.24, 2.45) is 0 Å². The Morgan fingerprint density at radius 1 is 1.42 bits per heavy atom. The van der Waals surface area contributed by atoms with Gasteiger partial charge in [0.25, 0.3) is 0 Å². The smallest absolute Gasteiger partial charge is 0.181 e. The van der Waals surface area contributed by atoms with Crippen molar-refractivity contribution in [1.82, 2.24) is 0 Å². The second-order valence-electron chi connectivity index (χ2n) is 1.78. The fraction of sp³-hybridized carbons (Fsp3) is 0.273. The summed E-state index contributed by atoms with van der Waals surface area (Å²) in [4.78, 5) is 0. The molecule has 0 rings (SSSR count). The van der Waals surface area contributed by atoms with Crippen LogP contribution < -0.4 is 0 Å². The van der Waals surface area contributed by atoms with Gasteiger partial charge in [0.2, 0.25) is 0 Å². The van der Waals surface area contributed by atoms with Crippen molar-refractivity contribution < 1.29 is 4.74 Å². The van der Waals surface area contributed by atoms with Crippen molar-refractivity contribution in [3.63, 3.8) is 0 Å². The molecule has 0 fully saturated rings. The Labute approximate surface area is 73.5 Å². The number of ether oxygens (including phenoxy) is 1. The minimum Gasteiger partial charge on any atom is -0.429 e. The van der Waals surface area contributed by atoms with Gasteiger partial charge >= 0.3 is 0 Å². The average molecular weight is 156 g/mol. The molecular formula is C11H8O. The predicted molar refractivity (Wildman–Crippen MR) is 48.4 cm³/mol. The molecule has 0 aromatic heterocycles. The molecule has 58 valence electrons. The van der Waals surface area contributed by atoms with Crippen LogP contribution in [0.2, 0.25) is 0 Å². The Bertz CT molecular complexity index is 316. The van der Waals surface area contributed by atoms with Crippen LogP contribution in [0.5, 0.6) is 0 Å². The van der Waals surface area contributed by atoms with Crippen LogP contribution in [0.4, 0.5) is 0 Å². The summed E-state index contributed by atoms with van der Waals surface area (Å²) in [6.45, 7) is 1.67. The van der Waals surface area contributed by atoms with Gasteiger partial charge in [-0.05, 0) is 11.8 Å². The summed E-state index contributed by atoms with van der Waals surface area (Å²) < 4.78 is 4.92. The first-order valence-corrected chi connectivity index (χ1v) is 3.32. The maximum atomic E-state index is 5.13. The van der Waals surface area contributed by atoms with E-state index in [2.05, 4.69) is 35.7 Å². The van der Waals surface area contributed by atoms with E-state index in [0.717, 1.165) is 0 Å². The van der Waals surface area contributed by atoms with Gasteiger partial charge in [-0.1, -0.05) is 17.8 Å². The van der Waals surface area contributed by atoms with Crippen LogP contribution in [0.1, 0.15) is 13.3 Å². The molecule has 1 heteroatoms. The molecular weight excluding hydrogens is 148 g/mol. The lowest BCUT2D eigenvalue weighted by molar-refractivity contribution is 0.225. The third-order valence-corrected chi connectivity index (χ3v) is 0.937. The summed E-state index contributed by atoms with van der Waals surface area (Å²) in [7, 11) is 0. The lowest BCUT2D eigenvalue weighted by atomic mass is 10.3. The van der Waals surface area contributed by atoms with Crippen LogP contribution in [-0.2, 0) is 4.74 Å². The minimum atomic E-state index is -0.390. The molecule has 0 heterocycles. The number of rotatable bonds is 2. The summed E-state index contributed by atoms with van der Waals surface area (Å²) >= 11 is 0. The molecule has 0 saturated carbocycles. The Morgan fingerprint density at radius 3 is 2.67 bits per heavy atom. The predicted octanol–water partition coefficient (Wildman–Crippen LogP) is 1.01. The lowest BCUT2D eigenvalue weighted by Crippen LogP contribution is -2.04. The quantitative estimate of drug-likeness (QED) is 0.542. The standard InChI is InChI=1S/C11H8O/c1-4-7-8-9-11(6-3)12-10-5-2/h1,3,11H,9H2,2H3. The Morgan fingerprint density at radius 2 is 2.17 bits per heavy atom. The first kappa shape index (κ1) is 10.0. The van der Waals surface area contributed by atoms with Gasteiger partial charge in [0.15, 0.2) is 6.10 Å². The van der Waals surface area contributed by atoms with Gasteiger partial charge in [0.05, 0.1) is 6.42 Å². The minimum absolute atomic E-state index is 0.390. The van der Waals surface area contributed by atoms with E-state index in [1.54, 1.807) is 6.92 Å². The third-order valence-electron chi connectivity index (χ3n) is 0.937. The molecule has 0 aromatic rings. The van der Waals surface area contributed by atoms with Crippen molar-refractivity contribution >= 4 is 0 Å². The van der Waals surface area contributed by atoms with Gasteiger partial charge in [0, 0.05) is 6.92 Å². The fourth-order valence-corrected chi connectivity index (χ4v) is 0.459. The highest BCUT2D eigenvalue weighted by Crippen LogP contribution is 1.93. The molecule has 0 saturated heterocycles. The molecule has 0 N–H and O–H groups in total. The van der Waals surface area contributed by atoms with Crippen molar-refractivity contribution in [3.05, 3.63) is 0 Å². The number of terminal acetylenes is 2. The monoisotopic (exact) mass is 156 g/mol. The van der Waals surface area contributed by atoms with Gasteiger partial charge < -0.3 is 4.74 Å². The van der Waals surface area contributed by atoms with E-state index >= 15 is 0 Å². The van der Waals surface area contributed by atoms with Crippen LogP contribution in [0.15, 0.2) is 0 Å². The van der Waals surface area contributed by atoms with E-state index in [4.69, 9.17) is 17.6 Å². The van der Waals surface area contributed by atoms with Crippen molar-refractivity contribution in [3.8, 4) is 48.6 Å². The van der Waals surface area contributed by atoms with Gasteiger partial charge in [0.1, 0.15) is 6.11 Å². The molecule has 1 unspecified atom stereocenters. The number of hydrogen-bond acceptors (Lipinski definition) is 1. The van der Waals surface area contributed by atoms with E-state index in [1.807, 2.05) is 0 Å². The van der Waals surface area contributed by atoms with Crippen LogP contribution in [0.25, 0.3) is 0 Å². The van der Waals surface area contributed by atoms with Crippen molar-refractivity contribution in [2.75, 3.05) is 0 Å². The van der Waals surface area contributed by atoms with Crippen LogP contribution in [0.3, 0.4) is 0 Å². The molecule has 0 aliphatic carbocycles. The van der Waals surface area contributed by atoms with Crippen molar-refractivity contribution in [1.29, 1.82) is 0 Å². The second kappa shape index (κ2) is 7.15. The third kappa shape index (κ3) is 4.88. The van der Waals surface area contributed by atoms with Crippen molar-refractivity contribution in [2.45, 2.75) is 19.4 Å². The topological polar surface area (TPSA) is 9.23 Å². The molecule has 0 radical (unpaired) electrons. The summed E-state index contributed by atoms with van der Waals surface area (Å²) in [6, 6.07) is 0. The Hall–Kier alpha value is -1.96. The van der Waals surface area contributed by atoms with Crippen LogP contribution in [-0.4, -0.2) is 6.10 Å². The molecule has 0 aliphatic rings. The Kier molecular flexibility index (Phi) is 5.98. The van der Waals surface area contributed by atoms with E-state index in [0.29, 0.717) is 6.42 Å². The van der Waals surface area contributed by atoms with E-state index in [9.17, 15) is 0 Å². The first-order valence-electron chi connectivity index (χ1n) is 3.32. The molecule has 0 bridgehead atoms. The summed E-state index contributed by atoms with van der Waals surface area (Å²) in [5.74, 6) is 12.3. The van der Waals surface area contributed by atoms with E-state index in [1.165, 1.54) is 0 Å². The maximum Gasteiger partial charge on any atom is 0.181 e. The molecule has 1 nitrogen and oxygen atoms in total.